The molecule has 19 heavy (non-hydrogen) atoms. The van der Waals surface area contributed by atoms with Gasteiger partial charge in [-0.15, -0.1) is 0 Å². The molecule has 0 spiro atoms. The zero-order valence-electron chi connectivity index (χ0n) is 11.2. The Morgan fingerprint density at radius 2 is 2.11 bits per heavy atom. The topological polar surface area (TPSA) is 118 Å². The smallest absolute Gasteiger partial charge is 0.273 e. The first-order chi connectivity index (χ1) is 8.91. The van der Waals surface area contributed by atoms with Crippen LogP contribution in [0.25, 0.3) is 0 Å². The van der Waals surface area contributed by atoms with Gasteiger partial charge in [-0.3, -0.25) is 9.89 Å². The van der Waals surface area contributed by atoms with Crippen molar-refractivity contribution >= 4 is 21.4 Å². The van der Waals surface area contributed by atoms with E-state index in [1.54, 1.807) is 6.92 Å². The highest BCUT2D eigenvalue weighted by Gasteiger charge is 2.17. The normalized spacial score (nSPS) is 11.5. The molecule has 0 fully saturated rings. The van der Waals surface area contributed by atoms with E-state index in [-0.39, 0.29) is 23.7 Å². The Morgan fingerprint density at radius 3 is 2.68 bits per heavy atom. The third-order valence-electron chi connectivity index (χ3n) is 2.74. The monoisotopic (exact) mass is 288 g/mol. The molecule has 1 rings (SSSR count). The lowest BCUT2D eigenvalue weighted by Gasteiger charge is -2.04. The highest BCUT2D eigenvalue weighted by Crippen LogP contribution is 2.15. The van der Waals surface area contributed by atoms with Crippen LogP contribution in [0.15, 0.2) is 0 Å². The number of nitrogen functional groups attached to an aromatic ring is 1. The van der Waals surface area contributed by atoms with E-state index in [0.717, 1.165) is 18.5 Å². The number of nitrogens with two attached hydrogens (primary N) is 1. The second-order valence-electron chi connectivity index (χ2n) is 4.21. The maximum atomic E-state index is 11.8. The van der Waals surface area contributed by atoms with Crippen LogP contribution in [0, 0.1) is 0 Å². The van der Waals surface area contributed by atoms with Gasteiger partial charge in [0.2, 0.25) is 0 Å². The first-order valence-electron chi connectivity index (χ1n) is 6.22. The zero-order valence-corrected chi connectivity index (χ0v) is 12.0. The van der Waals surface area contributed by atoms with Crippen LogP contribution in [0.3, 0.4) is 0 Å². The zero-order chi connectivity index (χ0) is 14.5. The molecule has 4 N–H and O–H groups in total. The van der Waals surface area contributed by atoms with Gasteiger partial charge in [-0.25, -0.2) is 8.42 Å². The molecule has 7 nitrogen and oxygen atoms in total. The predicted octanol–water partition coefficient (Wildman–Crippen LogP) is 0.109. The molecular weight excluding hydrogens is 268 g/mol. The summed E-state index contributed by atoms with van der Waals surface area (Å²) >= 11 is 0. The molecule has 1 heterocycles. The van der Waals surface area contributed by atoms with Gasteiger partial charge in [-0.05, 0) is 6.42 Å². The van der Waals surface area contributed by atoms with E-state index in [0.29, 0.717) is 5.69 Å². The molecule has 1 aromatic rings. The Bertz CT molecular complexity index is 536. The van der Waals surface area contributed by atoms with Gasteiger partial charge in [0.05, 0.1) is 17.1 Å². The van der Waals surface area contributed by atoms with Crippen LogP contribution in [0.5, 0.6) is 0 Å². The van der Waals surface area contributed by atoms with E-state index in [9.17, 15) is 13.2 Å². The van der Waals surface area contributed by atoms with Gasteiger partial charge in [0.25, 0.3) is 5.91 Å². The summed E-state index contributed by atoms with van der Waals surface area (Å²) in [6, 6.07) is 0. The quantitative estimate of drug-likeness (QED) is 0.658. The van der Waals surface area contributed by atoms with Crippen molar-refractivity contribution in [3.05, 3.63) is 11.4 Å². The largest absolute Gasteiger partial charge is 0.395 e. The summed E-state index contributed by atoms with van der Waals surface area (Å²) in [7, 11) is -3.09. The highest BCUT2D eigenvalue weighted by molar-refractivity contribution is 7.91. The fourth-order valence-electron chi connectivity index (χ4n) is 1.55. The van der Waals surface area contributed by atoms with Gasteiger partial charge in [0.1, 0.15) is 0 Å². The van der Waals surface area contributed by atoms with E-state index in [2.05, 4.69) is 15.5 Å². The van der Waals surface area contributed by atoms with E-state index in [1.165, 1.54) is 0 Å². The molecule has 0 bridgehead atoms. The molecule has 1 aromatic heterocycles. The van der Waals surface area contributed by atoms with E-state index in [4.69, 9.17) is 5.73 Å². The number of aromatic nitrogens is 2. The standard InChI is InChI=1S/C11H20N4O3S/c1-3-5-8-9(12)10(15-14-8)11(16)13-6-7-19(17,18)4-2/h3-7,12H2,1-2H3,(H,13,16)(H,14,15). The summed E-state index contributed by atoms with van der Waals surface area (Å²) in [5.74, 6) is -0.475. The van der Waals surface area contributed by atoms with Gasteiger partial charge < -0.3 is 11.1 Å². The van der Waals surface area contributed by atoms with Crippen molar-refractivity contribution in [2.75, 3.05) is 23.8 Å². The molecule has 0 aromatic carbocycles. The van der Waals surface area contributed by atoms with Crippen molar-refractivity contribution in [3.63, 3.8) is 0 Å². The number of carbonyl (C=O) groups is 1. The molecule has 0 atom stereocenters. The van der Waals surface area contributed by atoms with Gasteiger partial charge in [-0.1, -0.05) is 20.3 Å². The van der Waals surface area contributed by atoms with Crippen molar-refractivity contribution in [1.82, 2.24) is 15.5 Å². The maximum Gasteiger partial charge on any atom is 0.273 e. The highest BCUT2D eigenvalue weighted by atomic mass is 32.2. The fraction of sp³-hybridized carbons (Fsp3) is 0.636. The van der Waals surface area contributed by atoms with Gasteiger partial charge >= 0.3 is 0 Å². The number of nitrogens with zero attached hydrogens (tertiary/aromatic N) is 1. The number of rotatable bonds is 7. The minimum atomic E-state index is -3.09. The first-order valence-corrected chi connectivity index (χ1v) is 8.04. The Labute approximate surface area is 112 Å². The molecule has 0 saturated heterocycles. The molecule has 0 aliphatic heterocycles. The average Bonchev–Trinajstić information content (AvgIpc) is 2.71. The number of anilines is 1. The second-order valence-corrected chi connectivity index (χ2v) is 6.68. The lowest BCUT2D eigenvalue weighted by Crippen LogP contribution is -2.30. The number of carbonyl (C=O) groups excluding carboxylic acids is 1. The van der Waals surface area contributed by atoms with Crippen LogP contribution in [0.1, 0.15) is 36.5 Å². The number of hydrogen-bond donors (Lipinski definition) is 3. The molecule has 0 radical (unpaired) electrons. The van der Waals surface area contributed by atoms with Gasteiger partial charge in [-0.2, -0.15) is 5.10 Å². The average molecular weight is 288 g/mol. The molecule has 0 aliphatic carbocycles. The summed E-state index contributed by atoms with van der Waals surface area (Å²) in [6.07, 6.45) is 1.61. The first kappa shape index (κ1) is 15.5. The molecule has 1 amide bonds. The van der Waals surface area contributed by atoms with E-state index >= 15 is 0 Å². The van der Waals surface area contributed by atoms with Crippen molar-refractivity contribution in [2.45, 2.75) is 26.7 Å². The number of nitrogens with one attached hydrogen (secondary N) is 2. The summed E-state index contributed by atoms with van der Waals surface area (Å²) in [5, 5.41) is 9.08. The number of sulfone groups is 1. The Hall–Kier alpha value is -1.57. The van der Waals surface area contributed by atoms with Crippen molar-refractivity contribution in [2.24, 2.45) is 0 Å². The van der Waals surface area contributed by atoms with Crippen LogP contribution in [-0.2, 0) is 16.3 Å². The Balaban J connectivity index is 2.59. The summed E-state index contributed by atoms with van der Waals surface area (Å²) in [6.45, 7) is 3.62. The SMILES string of the molecule is CCCc1[nH]nc(C(=O)NCCS(=O)(=O)CC)c1N. The maximum absolute atomic E-state index is 11.8. The van der Waals surface area contributed by atoms with Crippen LogP contribution >= 0.6 is 0 Å². The van der Waals surface area contributed by atoms with Crippen LogP contribution < -0.4 is 11.1 Å². The molecule has 0 saturated carbocycles. The van der Waals surface area contributed by atoms with Crippen molar-refractivity contribution in [3.8, 4) is 0 Å². The number of aromatic amines is 1. The molecule has 108 valence electrons. The number of hydrogen-bond acceptors (Lipinski definition) is 5. The summed E-state index contributed by atoms with van der Waals surface area (Å²) in [4.78, 5) is 11.8. The van der Waals surface area contributed by atoms with Gasteiger partial charge in [0.15, 0.2) is 15.5 Å². The second kappa shape index (κ2) is 6.55. The fourth-order valence-corrected chi connectivity index (χ4v) is 2.25. The summed E-state index contributed by atoms with van der Waals surface area (Å²) in [5.41, 5.74) is 6.99. The third-order valence-corrected chi connectivity index (χ3v) is 4.44. The number of amides is 1. The lowest BCUT2D eigenvalue weighted by molar-refractivity contribution is 0.0952. The molecule has 8 heteroatoms. The van der Waals surface area contributed by atoms with E-state index in [1.807, 2.05) is 6.92 Å². The van der Waals surface area contributed by atoms with Crippen LogP contribution in [-0.4, -0.2) is 42.6 Å². The Kier molecular flexibility index (Phi) is 5.34. The number of aryl methyl sites for hydroxylation is 1. The van der Waals surface area contributed by atoms with Crippen molar-refractivity contribution in [1.29, 1.82) is 0 Å². The molecule has 0 aliphatic rings. The minimum absolute atomic E-state index is 0.0599. The molecule has 0 unspecified atom stereocenters. The van der Waals surface area contributed by atoms with Crippen LogP contribution in [0.4, 0.5) is 5.69 Å². The lowest BCUT2D eigenvalue weighted by atomic mass is 10.2. The third kappa shape index (κ3) is 4.23. The van der Waals surface area contributed by atoms with E-state index < -0.39 is 15.7 Å². The van der Waals surface area contributed by atoms with Crippen LogP contribution in [0.2, 0.25) is 0 Å². The molecular formula is C11H20N4O3S. The summed E-state index contributed by atoms with van der Waals surface area (Å²) < 4.78 is 22.6. The predicted molar refractivity (Wildman–Crippen MR) is 73.7 cm³/mol. The van der Waals surface area contributed by atoms with Gasteiger partial charge in [0, 0.05) is 12.3 Å². The Morgan fingerprint density at radius 1 is 1.42 bits per heavy atom. The number of H-pyrrole nitrogens is 1. The van der Waals surface area contributed by atoms with Crippen molar-refractivity contribution < 1.29 is 13.2 Å². The minimum Gasteiger partial charge on any atom is -0.395 e.